The van der Waals surface area contributed by atoms with Gasteiger partial charge in [-0.05, 0) is 29.7 Å². The molecule has 0 saturated heterocycles. The van der Waals surface area contributed by atoms with Gasteiger partial charge in [0.2, 0.25) is 0 Å². The SMILES string of the molecule is COc1ccc(-c2cc(=O)n3c(n2)CC(C)(C)C3)cc1. The van der Waals surface area contributed by atoms with Crippen LogP contribution in [0.25, 0.3) is 11.3 Å². The van der Waals surface area contributed by atoms with Crippen molar-refractivity contribution in [1.82, 2.24) is 9.55 Å². The average molecular weight is 270 g/mol. The Bertz CT molecular complexity index is 699. The van der Waals surface area contributed by atoms with Crippen molar-refractivity contribution in [3.05, 3.63) is 46.5 Å². The third-order valence-corrected chi connectivity index (χ3v) is 3.70. The molecule has 1 aromatic heterocycles. The Morgan fingerprint density at radius 3 is 2.60 bits per heavy atom. The van der Waals surface area contributed by atoms with Crippen molar-refractivity contribution in [1.29, 1.82) is 0 Å². The molecule has 4 heteroatoms. The van der Waals surface area contributed by atoms with Crippen molar-refractivity contribution >= 4 is 0 Å². The first-order valence-electron chi connectivity index (χ1n) is 6.74. The first-order chi connectivity index (χ1) is 9.48. The van der Waals surface area contributed by atoms with Gasteiger partial charge < -0.3 is 4.74 Å². The minimum Gasteiger partial charge on any atom is -0.497 e. The van der Waals surface area contributed by atoms with Crippen molar-refractivity contribution in [2.24, 2.45) is 5.41 Å². The fourth-order valence-electron chi connectivity index (χ4n) is 2.68. The lowest BCUT2D eigenvalue weighted by molar-refractivity contribution is 0.357. The molecule has 0 unspecified atom stereocenters. The molecule has 0 N–H and O–H groups in total. The van der Waals surface area contributed by atoms with E-state index in [0.717, 1.165) is 35.8 Å². The highest BCUT2D eigenvalue weighted by molar-refractivity contribution is 5.59. The maximum Gasteiger partial charge on any atom is 0.254 e. The monoisotopic (exact) mass is 270 g/mol. The topological polar surface area (TPSA) is 44.1 Å². The van der Waals surface area contributed by atoms with Gasteiger partial charge in [0.05, 0.1) is 12.8 Å². The summed E-state index contributed by atoms with van der Waals surface area (Å²) in [5.74, 6) is 1.68. The predicted octanol–water partition coefficient (Wildman–Crippen LogP) is 2.50. The average Bonchev–Trinajstić information content (AvgIpc) is 2.74. The van der Waals surface area contributed by atoms with Crippen molar-refractivity contribution in [2.75, 3.05) is 7.11 Å². The third-order valence-electron chi connectivity index (χ3n) is 3.70. The quantitative estimate of drug-likeness (QED) is 0.842. The molecule has 0 aliphatic carbocycles. The number of rotatable bonds is 2. The van der Waals surface area contributed by atoms with Gasteiger partial charge >= 0.3 is 0 Å². The van der Waals surface area contributed by atoms with Crippen LogP contribution in [0.5, 0.6) is 5.75 Å². The van der Waals surface area contributed by atoms with Crippen LogP contribution in [0, 0.1) is 5.41 Å². The lowest BCUT2D eigenvalue weighted by Gasteiger charge is -2.13. The zero-order valence-corrected chi connectivity index (χ0v) is 12.0. The van der Waals surface area contributed by atoms with E-state index in [1.807, 2.05) is 24.3 Å². The van der Waals surface area contributed by atoms with Crippen LogP contribution in [0.15, 0.2) is 35.1 Å². The van der Waals surface area contributed by atoms with Gasteiger partial charge in [-0.15, -0.1) is 0 Å². The Kier molecular flexibility index (Phi) is 2.89. The second-order valence-corrected chi connectivity index (χ2v) is 6.05. The van der Waals surface area contributed by atoms with Crippen molar-refractivity contribution in [2.45, 2.75) is 26.8 Å². The summed E-state index contributed by atoms with van der Waals surface area (Å²) in [6.45, 7) is 5.07. The standard InChI is InChI=1S/C16H18N2O2/c1-16(2)9-14-17-13(8-15(19)18(14)10-16)11-4-6-12(20-3)7-5-11/h4-8H,9-10H2,1-3H3. The van der Waals surface area contributed by atoms with E-state index in [-0.39, 0.29) is 11.0 Å². The van der Waals surface area contributed by atoms with Gasteiger partial charge in [0.15, 0.2) is 0 Å². The summed E-state index contributed by atoms with van der Waals surface area (Å²) in [6.07, 6.45) is 0.840. The van der Waals surface area contributed by atoms with Crippen molar-refractivity contribution in [3.8, 4) is 17.0 Å². The summed E-state index contributed by atoms with van der Waals surface area (Å²) < 4.78 is 6.93. The van der Waals surface area contributed by atoms with E-state index in [9.17, 15) is 4.79 Å². The number of hydrogen-bond acceptors (Lipinski definition) is 3. The Labute approximate surface area is 118 Å². The largest absolute Gasteiger partial charge is 0.497 e. The molecule has 2 heterocycles. The van der Waals surface area contributed by atoms with Crippen LogP contribution in [-0.4, -0.2) is 16.7 Å². The number of ether oxygens (including phenoxy) is 1. The zero-order valence-electron chi connectivity index (χ0n) is 12.0. The van der Waals surface area contributed by atoms with Gasteiger partial charge in [-0.2, -0.15) is 0 Å². The molecule has 0 atom stereocenters. The van der Waals surface area contributed by atoms with Gasteiger partial charge in [-0.1, -0.05) is 13.8 Å². The summed E-state index contributed by atoms with van der Waals surface area (Å²) in [5.41, 5.74) is 1.82. The van der Waals surface area contributed by atoms with Crippen LogP contribution < -0.4 is 10.3 Å². The number of fused-ring (bicyclic) bond motifs is 1. The van der Waals surface area contributed by atoms with E-state index in [2.05, 4.69) is 18.8 Å². The fraction of sp³-hybridized carbons (Fsp3) is 0.375. The zero-order chi connectivity index (χ0) is 14.3. The summed E-state index contributed by atoms with van der Waals surface area (Å²) in [6, 6.07) is 9.24. The maximum atomic E-state index is 12.2. The van der Waals surface area contributed by atoms with Gasteiger partial charge in [-0.3, -0.25) is 9.36 Å². The first-order valence-corrected chi connectivity index (χ1v) is 6.74. The lowest BCUT2D eigenvalue weighted by atomic mass is 9.92. The molecule has 0 radical (unpaired) electrons. The normalized spacial score (nSPS) is 15.9. The second-order valence-electron chi connectivity index (χ2n) is 6.05. The summed E-state index contributed by atoms with van der Waals surface area (Å²) in [7, 11) is 1.64. The van der Waals surface area contributed by atoms with Gasteiger partial charge in [-0.25, -0.2) is 4.98 Å². The maximum absolute atomic E-state index is 12.2. The predicted molar refractivity (Wildman–Crippen MR) is 78.0 cm³/mol. The van der Waals surface area contributed by atoms with Gasteiger partial charge in [0.1, 0.15) is 11.6 Å². The summed E-state index contributed by atoms with van der Waals surface area (Å²) in [4.78, 5) is 16.9. The summed E-state index contributed by atoms with van der Waals surface area (Å²) in [5, 5.41) is 0. The van der Waals surface area contributed by atoms with Gasteiger partial charge in [0.25, 0.3) is 5.56 Å². The molecule has 0 bridgehead atoms. The smallest absolute Gasteiger partial charge is 0.254 e. The van der Waals surface area contributed by atoms with E-state index in [0.29, 0.717) is 0 Å². The molecule has 2 aromatic rings. The molecule has 1 aliphatic rings. The molecule has 1 aliphatic heterocycles. The molecular weight excluding hydrogens is 252 g/mol. The highest BCUT2D eigenvalue weighted by atomic mass is 16.5. The number of aromatic nitrogens is 2. The van der Waals surface area contributed by atoms with Gasteiger partial charge in [0, 0.05) is 24.6 Å². The molecule has 4 nitrogen and oxygen atoms in total. The fourth-order valence-corrected chi connectivity index (χ4v) is 2.68. The molecule has 104 valence electrons. The minimum absolute atomic E-state index is 0.0337. The van der Waals surface area contributed by atoms with E-state index in [1.165, 1.54) is 0 Å². The van der Waals surface area contributed by atoms with Crippen molar-refractivity contribution in [3.63, 3.8) is 0 Å². The molecule has 0 amide bonds. The Hall–Kier alpha value is -2.10. The number of methoxy groups -OCH3 is 1. The first kappa shape index (κ1) is 12.9. The van der Waals surface area contributed by atoms with E-state index in [4.69, 9.17) is 4.74 Å². The Morgan fingerprint density at radius 1 is 1.25 bits per heavy atom. The van der Waals surface area contributed by atoms with Crippen LogP contribution in [0.2, 0.25) is 0 Å². The minimum atomic E-state index is 0.0337. The molecular formula is C16H18N2O2. The number of hydrogen-bond donors (Lipinski definition) is 0. The molecule has 3 rings (SSSR count). The Morgan fingerprint density at radius 2 is 1.95 bits per heavy atom. The van der Waals surface area contributed by atoms with Crippen LogP contribution in [0.1, 0.15) is 19.7 Å². The highest BCUT2D eigenvalue weighted by Gasteiger charge is 2.30. The highest BCUT2D eigenvalue weighted by Crippen LogP contribution is 2.30. The molecule has 20 heavy (non-hydrogen) atoms. The molecule has 0 spiro atoms. The van der Waals surface area contributed by atoms with Crippen LogP contribution >= 0.6 is 0 Å². The van der Waals surface area contributed by atoms with Crippen LogP contribution in [-0.2, 0) is 13.0 Å². The second kappa shape index (κ2) is 4.47. The van der Waals surface area contributed by atoms with Crippen LogP contribution in [0.4, 0.5) is 0 Å². The molecule has 0 saturated carbocycles. The van der Waals surface area contributed by atoms with Crippen molar-refractivity contribution < 1.29 is 4.74 Å². The lowest BCUT2D eigenvalue weighted by Crippen LogP contribution is -2.22. The van der Waals surface area contributed by atoms with Crippen LogP contribution in [0.3, 0.4) is 0 Å². The molecule has 1 aromatic carbocycles. The third kappa shape index (κ3) is 2.22. The number of nitrogens with zero attached hydrogens (tertiary/aromatic N) is 2. The Balaban J connectivity index is 2.04. The van der Waals surface area contributed by atoms with E-state index >= 15 is 0 Å². The molecule has 0 fully saturated rings. The van der Waals surface area contributed by atoms with E-state index in [1.54, 1.807) is 17.7 Å². The van der Waals surface area contributed by atoms with E-state index < -0.39 is 0 Å². The number of benzene rings is 1. The summed E-state index contributed by atoms with van der Waals surface area (Å²) >= 11 is 0.